The Hall–Kier alpha value is -0.370. The van der Waals surface area contributed by atoms with Gasteiger partial charge in [0.25, 0.3) is 0 Å². The van der Waals surface area contributed by atoms with E-state index < -0.39 is 0 Å². The number of hydrogen-bond donors (Lipinski definition) is 0. The van der Waals surface area contributed by atoms with Crippen LogP contribution in [0.15, 0.2) is 0 Å². The molecule has 0 amide bonds. The van der Waals surface area contributed by atoms with Crippen molar-refractivity contribution >= 4 is 6.29 Å². The van der Waals surface area contributed by atoms with Gasteiger partial charge < -0.3 is 4.74 Å². The van der Waals surface area contributed by atoms with E-state index in [1.54, 1.807) is 6.29 Å². The van der Waals surface area contributed by atoms with E-state index in [4.69, 9.17) is 0 Å². The van der Waals surface area contributed by atoms with Crippen LogP contribution in [0.4, 0.5) is 0 Å². The molecular formula is C3H3O2. The number of carbonyl (C=O) groups excluding carboxylic acids is 1. The molecule has 0 bridgehead atoms. The van der Waals surface area contributed by atoms with Gasteiger partial charge in [-0.15, -0.1) is 0 Å². The van der Waals surface area contributed by atoms with Crippen molar-refractivity contribution in [3.05, 3.63) is 0 Å². The van der Waals surface area contributed by atoms with Crippen LogP contribution in [0.3, 0.4) is 0 Å². The average Bonchev–Trinajstić information content (AvgIpc) is 2.12. The van der Waals surface area contributed by atoms with E-state index in [2.05, 4.69) is 4.74 Å². The maximum absolute atomic E-state index is 9.32. The van der Waals surface area contributed by atoms with E-state index in [9.17, 15) is 4.79 Å². The molecule has 1 fully saturated rings. The second kappa shape index (κ2) is 0.792. The molecule has 2 nitrogen and oxygen atoms in total. The summed E-state index contributed by atoms with van der Waals surface area (Å²) in [6.45, 7) is 0.587. The Morgan fingerprint density at radius 3 is 2.60 bits per heavy atom. The Kier molecular flexibility index (Phi) is 0.451. The first-order valence-electron chi connectivity index (χ1n) is 1.43. The quantitative estimate of drug-likeness (QED) is 0.390. The average molecular weight is 71.1 g/mol. The number of epoxide rings is 1. The fraction of sp³-hybridized carbons (Fsp3) is 0.667. The van der Waals surface area contributed by atoms with Crippen molar-refractivity contribution in [3.8, 4) is 0 Å². The van der Waals surface area contributed by atoms with Gasteiger partial charge in [0.1, 0.15) is 6.10 Å². The summed E-state index contributed by atoms with van der Waals surface area (Å²) in [5.41, 5.74) is 0. The topological polar surface area (TPSA) is 29.6 Å². The second-order valence-electron chi connectivity index (χ2n) is 0.940. The van der Waals surface area contributed by atoms with Crippen LogP contribution < -0.4 is 0 Å². The van der Waals surface area contributed by atoms with Crippen LogP contribution in [-0.2, 0) is 9.53 Å². The zero-order chi connectivity index (χ0) is 3.70. The molecule has 0 spiro atoms. The summed E-state index contributed by atoms with van der Waals surface area (Å²) >= 11 is 0. The van der Waals surface area contributed by atoms with Crippen LogP contribution in [0.5, 0.6) is 0 Å². The summed E-state index contributed by atoms with van der Waals surface area (Å²) in [5, 5.41) is 0. The molecule has 1 heterocycles. The molecule has 1 rings (SSSR count). The molecule has 1 aliphatic rings. The van der Waals surface area contributed by atoms with Crippen LogP contribution in [-0.4, -0.2) is 19.0 Å². The minimum Gasteiger partial charge on any atom is -0.364 e. The molecule has 1 saturated heterocycles. The highest BCUT2D eigenvalue weighted by Gasteiger charge is 2.21. The van der Waals surface area contributed by atoms with Crippen molar-refractivity contribution in [2.24, 2.45) is 0 Å². The van der Waals surface area contributed by atoms with Crippen molar-refractivity contribution in [3.63, 3.8) is 0 Å². The minimum absolute atomic E-state index is 0.171. The summed E-state index contributed by atoms with van der Waals surface area (Å²) in [7, 11) is 0. The van der Waals surface area contributed by atoms with Gasteiger partial charge in [0.05, 0.1) is 6.61 Å². The Morgan fingerprint density at radius 2 is 2.60 bits per heavy atom. The van der Waals surface area contributed by atoms with Gasteiger partial charge in [-0.25, -0.2) is 0 Å². The standard InChI is InChI=1S/C3H3O2/c4-1-3-2-5-3/h3H,2H2/t3-/m1/s1. The van der Waals surface area contributed by atoms with Crippen LogP contribution in [0.25, 0.3) is 0 Å². The highest BCUT2D eigenvalue weighted by molar-refractivity contribution is 5.59. The highest BCUT2D eigenvalue weighted by Crippen LogP contribution is 2.02. The lowest BCUT2D eigenvalue weighted by molar-refractivity contribution is 0.435. The summed E-state index contributed by atoms with van der Waals surface area (Å²) in [6.07, 6.45) is 1.50. The molecule has 0 unspecified atom stereocenters. The molecule has 0 aromatic heterocycles. The zero-order valence-electron chi connectivity index (χ0n) is 2.60. The Morgan fingerprint density at radius 1 is 2.00 bits per heavy atom. The van der Waals surface area contributed by atoms with Crippen molar-refractivity contribution < 1.29 is 9.53 Å². The van der Waals surface area contributed by atoms with E-state index in [1.807, 2.05) is 0 Å². The largest absolute Gasteiger partial charge is 0.364 e. The molecule has 27 valence electrons. The van der Waals surface area contributed by atoms with Crippen molar-refractivity contribution in [2.75, 3.05) is 6.61 Å². The lowest BCUT2D eigenvalue weighted by Gasteiger charge is -1.50. The zero-order valence-corrected chi connectivity index (χ0v) is 2.60. The first kappa shape index (κ1) is 2.85. The predicted molar refractivity (Wildman–Crippen MR) is 15.4 cm³/mol. The predicted octanol–water partition coefficient (Wildman–Crippen LogP) is -0.505. The van der Waals surface area contributed by atoms with Crippen LogP contribution in [0.2, 0.25) is 0 Å². The monoisotopic (exact) mass is 71.0 g/mol. The number of rotatable bonds is 1. The second-order valence-corrected chi connectivity index (χ2v) is 0.940. The summed E-state index contributed by atoms with van der Waals surface area (Å²) in [6, 6.07) is 0. The van der Waals surface area contributed by atoms with Gasteiger partial charge in [-0.1, -0.05) is 0 Å². The molecular weight excluding hydrogens is 68.0 g/mol. The van der Waals surface area contributed by atoms with Gasteiger partial charge in [-0.05, 0) is 0 Å². The molecule has 2 heteroatoms. The fourth-order valence-corrected chi connectivity index (χ4v) is 0.116. The first-order chi connectivity index (χ1) is 2.43. The highest BCUT2D eigenvalue weighted by atomic mass is 16.6. The third-order valence-electron chi connectivity index (χ3n) is 0.465. The van der Waals surface area contributed by atoms with Gasteiger partial charge in [-0.2, -0.15) is 0 Å². The Bertz CT molecular complexity index is 46.9. The molecule has 1 radical (unpaired) electrons. The lowest BCUT2D eigenvalue weighted by Crippen LogP contribution is -1.79. The number of hydrogen-bond acceptors (Lipinski definition) is 2. The summed E-state index contributed by atoms with van der Waals surface area (Å²) in [4.78, 5) is 9.32. The van der Waals surface area contributed by atoms with Gasteiger partial charge in [0, 0.05) is 0 Å². The van der Waals surface area contributed by atoms with E-state index in [-0.39, 0.29) is 6.10 Å². The third kappa shape index (κ3) is 0.450. The van der Waals surface area contributed by atoms with Gasteiger partial charge in [0.2, 0.25) is 6.29 Å². The van der Waals surface area contributed by atoms with Gasteiger partial charge >= 0.3 is 0 Å². The van der Waals surface area contributed by atoms with Crippen LogP contribution in [0, 0.1) is 0 Å². The Balaban J connectivity index is 2.21. The molecule has 0 aromatic carbocycles. The van der Waals surface area contributed by atoms with Crippen LogP contribution in [0.1, 0.15) is 0 Å². The van der Waals surface area contributed by atoms with Gasteiger partial charge in [-0.3, -0.25) is 4.79 Å². The van der Waals surface area contributed by atoms with E-state index >= 15 is 0 Å². The van der Waals surface area contributed by atoms with Crippen molar-refractivity contribution in [1.82, 2.24) is 0 Å². The maximum atomic E-state index is 9.32. The lowest BCUT2D eigenvalue weighted by atomic mass is 10.6. The van der Waals surface area contributed by atoms with Crippen LogP contribution >= 0.6 is 0 Å². The van der Waals surface area contributed by atoms with Gasteiger partial charge in [0.15, 0.2) is 0 Å². The fourth-order valence-electron chi connectivity index (χ4n) is 0.116. The minimum atomic E-state index is -0.171. The summed E-state index contributed by atoms with van der Waals surface area (Å²) < 4.78 is 4.43. The normalized spacial score (nSPS) is 33.2. The maximum Gasteiger partial charge on any atom is 0.232 e. The summed E-state index contributed by atoms with van der Waals surface area (Å²) in [5.74, 6) is 0. The molecule has 0 aliphatic carbocycles. The van der Waals surface area contributed by atoms with E-state index in [1.165, 1.54) is 0 Å². The molecule has 1 aliphatic heterocycles. The van der Waals surface area contributed by atoms with E-state index in [0.29, 0.717) is 6.61 Å². The van der Waals surface area contributed by atoms with E-state index in [0.717, 1.165) is 0 Å². The molecule has 5 heavy (non-hydrogen) atoms. The SMILES string of the molecule is O=[C][C@@H]1CO1. The smallest absolute Gasteiger partial charge is 0.232 e. The first-order valence-corrected chi connectivity index (χ1v) is 1.43. The van der Waals surface area contributed by atoms with Crippen molar-refractivity contribution in [2.45, 2.75) is 6.10 Å². The third-order valence-corrected chi connectivity index (χ3v) is 0.465. The molecule has 1 atom stereocenters. The molecule has 0 aromatic rings. The number of ether oxygens (including phenoxy) is 1. The van der Waals surface area contributed by atoms with Crippen molar-refractivity contribution in [1.29, 1.82) is 0 Å². The Labute approximate surface area is 29.7 Å². The molecule has 0 N–H and O–H groups in total. The molecule has 0 saturated carbocycles.